The van der Waals surface area contributed by atoms with E-state index in [4.69, 9.17) is 9.47 Å². The molecule has 3 fully saturated rings. The van der Waals surface area contributed by atoms with E-state index in [9.17, 15) is 41.9 Å². The number of anilines is 3. The Hall–Kier alpha value is -6.75. The van der Waals surface area contributed by atoms with Crippen molar-refractivity contribution in [3.05, 3.63) is 124 Å². The second-order valence-corrected chi connectivity index (χ2v) is 21.8. The van der Waals surface area contributed by atoms with Gasteiger partial charge in [0.05, 0.1) is 37.8 Å². The summed E-state index contributed by atoms with van der Waals surface area (Å²) in [6.45, 7) is 12.0. The number of halogens is 3. The van der Waals surface area contributed by atoms with Crippen LogP contribution in [0, 0.1) is 23.4 Å². The van der Waals surface area contributed by atoms with Crippen LogP contribution in [0.5, 0.6) is 0 Å². The number of para-hydroxylation sites is 1. The van der Waals surface area contributed by atoms with Gasteiger partial charge in [-0.3, -0.25) is 38.6 Å². The Labute approximate surface area is 458 Å². The average molecular weight is 1090 g/mol. The van der Waals surface area contributed by atoms with E-state index in [1.165, 1.54) is 23.1 Å². The number of nitrogens with one attached hydrogen (secondary N) is 6. The molecule has 21 heteroatoms. The fourth-order valence-electron chi connectivity index (χ4n) is 11.5. The number of hydrogen-bond donors (Lipinski definition) is 6. The molecule has 0 saturated carbocycles. The van der Waals surface area contributed by atoms with Gasteiger partial charge in [0, 0.05) is 82.0 Å². The molecule has 79 heavy (non-hydrogen) atoms. The highest BCUT2D eigenvalue weighted by molar-refractivity contribution is 6.05. The van der Waals surface area contributed by atoms with E-state index in [1.54, 1.807) is 50.1 Å². The highest BCUT2D eigenvalue weighted by Crippen LogP contribution is 2.43. The molecule has 0 radical (unpaired) electrons. The van der Waals surface area contributed by atoms with Crippen LogP contribution in [0.4, 0.5) is 30.2 Å². The van der Waals surface area contributed by atoms with Crippen molar-refractivity contribution in [2.24, 2.45) is 5.92 Å². The van der Waals surface area contributed by atoms with E-state index in [0.29, 0.717) is 81.2 Å². The number of carbonyl (C=O) groups is 6. The van der Waals surface area contributed by atoms with Gasteiger partial charge in [-0.2, -0.15) is 0 Å². The van der Waals surface area contributed by atoms with Crippen molar-refractivity contribution in [1.82, 2.24) is 36.0 Å². The molecule has 2 unspecified atom stereocenters. The molecule has 3 saturated heterocycles. The van der Waals surface area contributed by atoms with Gasteiger partial charge >= 0.3 is 0 Å². The van der Waals surface area contributed by atoms with Gasteiger partial charge in [0.1, 0.15) is 35.2 Å². The Morgan fingerprint density at radius 2 is 1.59 bits per heavy atom. The topological polar surface area (TPSA) is 206 Å². The summed E-state index contributed by atoms with van der Waals surface area (Å²) in [7, 11) is 1.61. The second-order valence-electron chi connectivity index (χ2n) is 21.8. The molecule has 9 rings (SSSR count). The molecular weight excluding hydrogens is 1020 g/mol. The zero-order valence-electron chi connectivity index (χ0n) is 45.3. The predicted octanol–water partition coefficient (Wildman–Crippen LogP) is 3.98. The van der Waals surface area contributed by atoms with E-state index >= 15 is 0 Å². The lowest BCUT2D eigenvalue weighted by atomic mass is 9.83. The molecular formula is C58H71F3N10O8. The third-order valence-corrected chi connectivity index (χ3v) is 16.2. The van der Waals surface area contributed by atoms with Crippen LogP contribution < -0.4 is 36.8 Å². The number of piperazine rings is 1. The van der Waals surface area contributed by atoms with Crippen LogP contribution >= 0.6 is 0 Å². The van der Waals surface area contributed by atoms with Crippen molar-refractivity contribution in [2.75, 3.05) is 94.8 Å². The van der Waals surface area contributed by atoms with Gasteiger partial charge in [0.25, 0.3) is 5.91 Å². The Morgan fingerprint density at radius 3 is 2.32 bits per heavy atom. The lowest BCUT2D eigenvalue weighted by Crippen LogP contribution is -2.62. The number of morpholine rings is 1. The fourth-order valence-corrected chi connectivity index (χ4v) is 11.5. The summed E-state index contributed by atoms with van der Waals surface area (Å²) in [4.78, 5) is 93.0. The Bertz CT molecular complexity index is 2910. The van der Waals surface area contributed by atoms with Crippen LogP contribution in [0.3, 0.4) is 0 Å². The summed E-state index contributed by atoms with van der Waals surface area (Å²) in [5, 5.41) is 17.3. The normalized spacial score (nSPS) is 23.3. The minimum Gasteiger partial charge on any atom is -0.381 e. The first-order chi connectivity index (χ1) is 37.9. The van der Waals surface area contributed by atoms with Crippen molar-refractivity contribution in [2.45, 2.75) is 95.2 Å². The third kappa shape index (κ3) is 12.8. The molecule has 4 aromatic carbocycles. The van der Waals surface area contributed by atoms with Gasteiger partial charge in [-0.15, -0.1) is 0 Å². The summed E-state index contributed by atoms with van der Waals surface area (Å²) < 4.78 is 55.0. The maximum absolute atomic E-state index is 14.9. The summed E-state index contributed by atoms with van der Waals surface area (Å²) in [5.41, 5.74) is 2.00. The van der Waals surface area contributed by atoms with Crippen LogP contribution in [0.25, 0.3) is 0 Å². The van der Waals surface area contributed by atoms with Gasteiger partial charge < -0.3 is 51.2 Å². The summed E-state index contributed by atoms with van der Waals surface area (Å²) in [6.07, 6.45) is 1.35. The molecule has 0 bridgehead atoms. The van der Waals surface area contributed by atoms with Crippen LogP contribution in [-0.4, -0.2) is 160 Å². The maximum atomic E-state index is 14.9. The molecule has 4 aromatic rings. The Kier molecular flexibility index (Phi) is 17.8. The smallest absolute Gasteiger partial charge is 0.252 e. The molecule has 5 aliphatic rings. The number of rotatable bonds is 17. The number of benzene rings is 4. The van der Waals surface area contributed by atoms with Gasteiger partial charge in [-0.1, -0.05) is 36.4 Å². The summed E-state index contributed by atoms with van der Waals surface area (Å²) in [6, 6.07) is 17.0. The van der Waals surface area contributed by atoms with E-state index in [0.717, 1.165) is 42.4 Å². The second kappa shape index (κ2) is 24.7. The van der Waals surface area contributed by atoms with Crippen molar-refractivity contribution >= 4 is 52.5 Å². The minimum atomic E-state index is -1.40. The Morgan fingerprint density at radius 1 is 0.861 bits per heavy atom. The minimum absolute atomic E-state index is 0.00729. The van der Waals surface area contributed by atoms with Gasteiger partial charge in [0.2, 0.25) is 29.5 Å². The Balaban J connectivity index is 0.925. The zero-order chi connectivity index (χ0) is 56.1. The van der Waals surface area contributed by atoms with Crippen molar-refractivity contribution in [1.29, 1.82) is 0 Å². The number of ether oxygens (including phenoxy) is 2. The van der Waals surface area contributed by atoms with Crippen molar-refractivity contribution in [3.63, 3.8) is 0 Å². The summed E-state index contributed by atoms with van der Waals surface area (Å²) in [5.74, 6) is -5.92. The number of amides is 6. The maximum Gasteiger partial charge on any atom is 0.252 e. The molecule has 7 atom stereocenters. The number of nitrogens with zero attached hydrogens (tertiary/aromatic N) is 4. The summed E-state index contributed by atoms with van der Waals surface area (Å²) >= 11 is 0. The van der Waals surface area contributed by atoms with Crippen LogP contribution in [0.2, 0.25) is 0 Å². The first kappa shape index (κ1) is 57.0. The number of hydrogen-bond acceptors (Lipinski definition) is 12. The van der Waals surface area contributed by atoms with E-state index in [2.05, 4.69) is 55.5 Å². The van der Waals surface area contributed by atoms with E-state index in [1.807, 2.05) is 18.2 Å². The predicted molar refractivity (Wildman–Crippen MR) is 290 cm³/mol. The van der Waals surface area contributed by atoms with Crippen LogP contribution in [0.1, 0.15) is 74.4 Å². The largest absolute Gasteiger partial charge is 0.381 e. The molecule has 5 aliphatic heterocycles. The number of fused-ring (bicyclic) bond motifs is 2. The quantitative estimate of drug-likeness (QED) is 0.0889. The average Bonchev–Trinajstić information content (AvgIpc) is 4.14. The van der Waals surface area contributed by atoms with Crippen LogP contribution in [0.15, 0.2) is 78.9 Å². The molecule has 18 nitrogen and oxygen atoms in total. The molecule has 0 aliphatic carbocycles. The molecule has 422 valence electrons. The number of carbonyl (C=O) groups excluding carboxylic acids is 6. The monoisotopic (exact) mass is 1090 g/mol. The molecule has 6 N–H and O–H groups in total. The molecule has 0 aromatic heterocycles. The molecule has 6 amide bonds. The standard InChI is InChI=1S/C58H71F3N10O8/c1-34-28-69(43(26-63-34)30-68-19-22-79-32-35(68)2)31-50(73)71-33-58(4,45-16-11-38(24-48(45)71)23-37-9-12-41(59)13-10-37)57(77)64-27-49(72)65-42-14-15-44-40(25-42)29-70(53(44)55(75)67-52-46(60)7-6-8-47(52)61)56(76)51(39-17-20-78-21-18-39)66-54(74)36(3)62-5/h6-16,24-25,34-36,39,43,51,53,62-63H,17-23,26-33H2,1-5H3,(H,64,77)(H,65,72)(H,66,74)(H,67,75)/t34-,35-,36?,43-,51?,53+,58-/m1/s1. The molecule has 0 spiro atoms. The SMILES string of the molecule is CNC(C)C(=O)NC(C(=O)N1Cc2cc(NC(=O)CNC(=O)[C@]3(C)CN(C(=O)CN4C[C@@H](C)NC[C@@H]4CN4CCOC[C@H]4C)c4cc(Cc5ccc(F)cc5)ccc43)ccc2[C@H]1C(=O)Nc1c(F)cccc1F)C1CCOCC1. The lowest BCUT2D eigenvalue weighted by Gasteiger charge is -2.43. The first-order valence-electron chi connectivity index (χ1n) is 27.2. The van der Waals surface area contributed by atoms with Gasteiger partial charge in [-0.05, 0) is 130 Å². The third-order valence-electron chi connectivity index (χ3n) is 16.2. The van der Waals surface area contributed by atoms with Gasteiger partial charge in [-0.25, -0.2) is 13.2 Å². The van der Waals surface area contributed by atoms with Crippen molar-refractivity contribution < 1.29 is 51.4 Å². The number of likely N-dealkylation sites (N-methyl/N-ethyl adjacent to an activating group) is 1. The highest BCUT2D eigenvalue weighted by atomic mass is 19.1. The van der Waals surface area contributed by atoms with Gasteiger partial charge in [0.15, 0.2) is 0 Å². The molecule has 5 heterocycles. The van der Waals surface area contributed by atoms with E-state index < -0.39 is 76.9 Å². The van der Waals surface area contributed by atoms with Crippen molar-refractivity contribution in [3.8, 4) is 0 Å². The zero-order valence-corrected chi connectivity index (χ0v) is 45.3. The lowest BCUT2D eigenvalue weighted by molar-refractivity contribution is -0.144. The fraction of sp³-hybridized carbons (Fsp3) is 0.483. The first-order valence-corrected chi connectivity index (χ1v) is 27.2. The highest BCUT2D eigenvalue weighted by Gasteiger charge is 2.48. The van der Waals surface area contributed by atoms with E-state index in [-0.39, 0.29) is 61.1 Å². The van der Waals surface area contributed by atoms with Crippen LogP contribution in [-0.2, 0) is 56.6 Å².